The van der Waals surface area contributed by atoms with E-state index in [4.69, 9.17) is 5.73 Å². The number of rotatable bonds is 1. The van der Waals surface area contributed by atoms with Crippen LogP contribution < -0.4 is 5.73 Å². The molecule has 3 heteroatoms. The topological polar surface area (TPSA) is 46.3 Å². The highest BCUT2D eigenvalue weighted by atomic mass is 16.1. The van der Waals surface area contributed by atoms with Crippen LogP contribution in [0.25, 0.3) is 0 Å². The zero-order valence-corrected chi connectivity index (χ0v) is 6.50. The van der Waals surface area contributed by atoms with Crippen LogP contribution in [0.15, 0.2) is 0 Å². The van der Waals surface area contributed by atoms with E-state index in [1.807, 2.05) is 11.9 Å². The number of hydrogen-bond donors (Lipinski definition) is 1. The maximum absolute atomic E-state index is 10.9. The van der Waals surface area contributed by atoms with Crippen LogP contribution in [0.1, 0.15) is 13.3 Å². The Bertz CT molecular complexity index is 147. The molecule has 2 atom stereocenters. The van der Waals surface area contributed by atoms with Gasteiger partial charge in [-0.05, 0) is 20.4 Å². The van der Waals surface area contributed by atoms with Crippen molar-refractivity contribution < 1.29 is 4.79 Å². The first kappa shape index (κ1) is 7.69. The van der Waals surface area contributed by atoms with Crippen molar-refractivity contribution in [1.29, 1.82) is 0 Å². The number of ketones is 1. The summed E-state index contributed by atoms with van der Waals surface area (Å²) in [6.45, 7) is 2.48. The monoisotopic (exact) mass is 142 g/mol. The van der Waals surface area contributed by atoms with Gasteiger partial charge in [0.2, 0.25) is 0 Å². The van der Waals surface area contributed by atoms with E-state index >= 15 is 0 Å². The molecule has 0 radical (unpaired) electrons. The lowest BCUT2D eigenvalue weighted by molar-refractivity contribution is -0.120. The molecule has 0 spiro atoms. The first-order valence-electron chi connectivity index (χ1n) is 3.57. The molecule has 0 aromatic rings. The molecule has 10 heavy (non-hydrogen) atoms. The fourth-order valence-electron chi connectivity index (χ4n) is 1.51. The maximum Gasteiger partial charge on any atom is 0.146 e. The van der Waals surface area contributed by atoms with Crippen molar-refractivity contribution in [3.8, 4) is 0 Å². The predicted molar refractivity (Wildman–Crippen MR) is 39.7 cm³/mol. The second-order valence-electron chi connectivity index (χ2n) is 3.06. The van der Waals surface area contributed by atoms with Gasteiger partial charge in [0.05, 0.1) is 6.04 Å². The molecule has 1 fully saturated rings. The lowest BCUT2D eigenvalue weighted by Gasteiger charge is -2.14. The van der Waals surface area contributed by atoms with Crippen LogP contribution in [-0.4, -0.2) is 36.4 Å². The molecule has 1 heterocycles. The minimum atomic E-state index is 0.0787. The molecule has 1 aliphatic rings. The van der Waals surface area contributed by atoms with Gasteiger partial charge in [-0.15, -0.1) is 0 Å². The molecule has 0 bridgehead atoms. The lowest BCUT2D eigenvalue weighted by atomic mass is 10.1. The van der Waals surface area contributed by atoms with Gasteiger partial charge < -0.3 is 5.73 Å². The summed E-state index contributed by atoms with van der Waals surface area (Å²) in [6.07, 6.45) is 0.825. The van der Waals surface area contributed by atoms with Gasteiger partial charge in [-0.1, -0.05) is 0 Å². The van der Waals surface area contributed by atoms with Crippen molar-refractivity contribution in [1.82, 2.24) is 4.90 Å². The summed E-state index contributed by atoms with van der Waals surface area (Å²) >= 11 is 0. The summed E-state index contributed by atoms with van der Waals surface area (Å²) < 4.78 is 0. The molecule has 2 N–H and O–H groups in total. The van der Waals surface area contributed by atoms with Crippen molar-refractivity contribution in [3.05, 3.63) is 0 Å². The highest BCUT2D eigenvalue weighted by Gasteiger charge is 2.29. The van der Waals surface area contributed by atoms with E-state index in [-0.39, 0.29) is 17.9 Å². The fraction of sp³-hybridized carbons (Fsp3) is 0.857. The second-order valence-corrected chi connectivity index (χ2v) is 3.06. The third-order valence-corrected chi connectivity index (χ3v) is 2.05. The van der Waals surface area contributed by atoms with Gasteiger partial charge in [0, 0.05) is 12.6 Å². The Hall–Kier alpha value is -0.410. The van der Waals surface area contributed by atoms with Gasteiger partial charge in [0.15, 0.2) is 0 Å². The quantitative estimate of drug-likeness (QED) is 0.542. The molecule has 1 aliphatic heterocycles. The summed E-state index contributed by atoms with van der Waals surface area (Å²) in [5, 5.41) is 0. The number of Topliss-reactive ketones (excluding diaryl/α,β-unsaturated/α-hetero) is 1. The molecule has 1 rings (SSSR count). The van der Waals surface area contributed by atoms with E-state index < -0.39 is 0 Å². The first-order chi connectivity index (χ1) is 4.61. The van der Waals surface area contributed by atoms with Crippen molar-refractivity contribution >= 4 is 5.78 Å². The standard InChI is InChI=1S/C7H14N2O/c1-5(10)7-3-6(8)4-9(7)2/h6-7H,3-4,8H2,1-2H3/t6-,7-/m0/s1. The largest absolute Gasteiger partial charge is 0.326 e. The van der Waals surface area contributed by atoms with Crippen LogP contribution in [0.2, 0.25) is 0 Å². The highest BCUT2D eigenvalue weighted by molar-refractivity contribution is 5.81. The molecule has 0 aliphatic carbocycles. The lowest BCUT2D eigenvalue weighted by Crippen LogP contribution is -2.31. The minimum Gasteiger partial charge on any atom is -0.326 e. The van der Waals surface area contributed by atoms with Crippen LogP contribution in [0.3, 0.4) is 0 Å². The van der Waals surface area contributed by atoms with E-state index in [1.165, 1.54) is 0 Å². The molecule has 1 saturated heterocycles. The Balaban J connectivity index is 2.54. The summed E-state index contributed by atoms with van der Waals surface area (Å²) in [4.78, 5) is 12.9. The third kappa shape index (κ3) is 1.36. The smallest absolute Gasteiger partial charge is 0.146 e. The summed E-state index contributed by atoms with van der Waals surface area (Å²) in [5.74, 6) is 0.232. The van der Waals surface area contributed by atoms with E-state index in [2.05, 4.69) is 0 Å². The number of likely N-dealkylation sites (tertiary alicyclic amines) is 1. The average molecular weight is 142 g/mol. The van der Waals surface area contributed by atoms with Crippen LogP contribution in [0.5, 0.6) is 0 Å². The minimum absolute atomic E-state index is 0.0787. The van der Waals surface area contributed by atoms with Crippen molar-refractivity contribution in [2.75, 3.05) is 13.6 Å². The molecule has 58 valence electrons. The number of hydrogen-bond acceptors (Lipinski definition) is 3. The number of carbonyl (C=O) groups excluding carboxylic acids is 1. The average Bonchev–Trinajstić information content (AvgIpc) is 2.10. The fourth-order valence-corrected chi connectivity index (χ4v) is 1.51. The summed E-state index contributed by atoms with van der Waals surface area (Å²) in [5.41, 5.74) is 5.66. The number of carbonyl (C=O) groups is 1. The molecular weight excluding hydrogens is 128 g/mol. The third-order valence-electron chi connectivity index (χ3n) is 2.05. The molecule has 0 unspecified atom stereocenters. The van der Waals surface area contributed by atoms with Crippen LogP contribution in [0, 0.1) is 0 Å². The Kier molecular flexibility index (Phi) is 2.06. The van der Waals surface area contributed by atoms with Gasteiger partial charge in [-0.3, -0.25) is 9.69 Å². The Labute approximate surface area is 61.2 Å². The SMILES string of the molecule is CC(=O)[C@@H]1C[C@H](N)CN1C. The van der Waals surface area contributed by atoms with Crippen LogP contribution in [0.4, 0.5) is 0 Å². The predicted octanol–water partition coefficient (Wildman–Crippen LogP) is -0.393. The van der Waals surface area contributed by atoms with Gasteiger partial charge in [-0.25, -0.2) is 0 Å². The van der Waals surface area contributed by atoms with Gasteiger partial charge in [0.25, 0.3) is 0 Å². The summed E-state index contributed by atoms with van der Waals surface area (Å²) in [6, 6.07) is 0.272. The number of nitrogens with two attached hydrogens (primary N) is 1. The second kappa shape index (κ2) is 2.68. The Morgan fingerprint density at radius 2 is 2.30 bits per heavy atom. The van der Waals surface area contributed by atoms with E-state index in [9.17, 15) is 4.79 Å². The van der Waals surface area contributed by atoms with Crippen LogP contribution >= 0.6 is 0 Å². The molecule has 0 saturated carbocycles. The van der Waals surface area contributed by atoms with Gasteiger partial charge in [-0.2, -0.15) is 0 Å². The van der Waals surface area contributed by atoms with Crippen molar-refractivity contribution in [3.63, 3.8) is 0 Å². The van der Waals surface area contributed by atoms with E-state index in [1.54, 1.807) is 6.92 Å². The summed E-state index contributed by atoms with van der Waals surface area (Å²) in [7, 11) is 1.94. The zero-order valence-electron chi connectivity index (χ0n) is 6.50. The number of likely N-dealkylation sites (N-methyl/N-ethyl adjacent to an activating group) is 1. The Morgan fingerprint density at radius 3 is 2.50 bits per heavy atom. The number of nitrogens with zero attached hydrogens (tertiary/aromatic N) is 1. The molecule has 0 aromatic heterocycles. The molecule has 0 aromatic carbocycles. The normalized spacial score (nSPS) is 34.7. The van der Waals surface area contributed by atoms with Crippen LogP contribution in [-0.2, 0) is 4.79 Å². The molecular formula is C7H14N2O. The molecule has 3 nitrogen and oxygen atoms in total. The van der Waals surface area contributed by atoms with E-state index in [0.717, 1.165) is 13.0 Å². The van der Waals surface area contributed by atoms with Crippen molar-refractivity contribution in [2.45, 2.75) is 25.4 Å². The Morgan fingerprint density at radius 1 is 1.70 bits per heavy atom. The molecule has 0 amide bonds. The maximum atomic E-state index is 10.9. The van der Waals surface area contributed by atoms with Crippen molar-refractivity contribution in [2.24, 2.45) is 5.73 Å². The highest BCUT2D eigenvalue weighted by Crippen LogP contribution is 2.14. The van der Waals surface area contributed by atoms with Gasteiger partial charge in [0.1, 0.15) is 5.78 Å². The van der Waals surface area contributed by atoms with E-state index in [0.29, 0.717) is 0 Å². The van der Waals surface area contributed by atoms with Gasteiger partial charge >= 0.3 is 0 Å². The first-order valence-corrected chi connectivity index (χ1v) is 3.57. The zero-order chi connectivity index (χ0) is 7.72.